The third-order valence-electron chi connectivity index (χ3n) is 5.49. The van der Waals surface area contributed by atoms with Gasteiger partial charge in [-0.3, -0.25) is 14.2 Å². The van der Waals surface area contributed by atoms with Gasteiger partial charge in [0, 0.05) is 17.0 Å². The van der Waals surface area contributed by atoms with Crippen LogP contribution < -0.4 is 10.9 Å². The number of carbonyl (C=O) groups is 1. The second-order valence-electron chi connectivity index (χ2n) is 7.45. The molecule has 1 fully saturated rings. The van der Waals surface area contributed by atoms with E-state index in [1.54, 1.807) is 12.1 Å². The van der Waals surface area contributed by atoms with Gasteiger partial charge in [-0.15, -0.1) is 11.3 Å². The second kappa shape index (κ2) is 7.83. The molecule has 0 radical (unpaired) electrons. The lowest BCUT2D eigenvalue weighted by Crippen LogP contribution is -2.43. The molecule has 146 valence electrons. The van der Waals surface area contributed by atoms with Crippen LogP contribution in [-0.4, -0.2) is 21.5 Å². The molecule has 0 saturated heterocycles. The van der Waals surface area contributed by atoms with Gasteiger partial charge in [0.05, 0.1) is 11.7 Å². The number of benzene rings is 1. The van der Waals surface area contributed by atoms with Crippen LogP contribution in [0.15, 0.2) is 40.8 Å². The zero-order chi connectivity index (χ0) is 19.7. The minimum absolute atomic E-state index is 0.0519. The van der Waals surface area contributed by atoms with E-state index in [0.717, 1.165) is 24.8 Å². The summed E-state index contributed by atoms with van der Waals surface area (Å²) in [7, 11) is 0. The first-order valence-corrected chi connectivity index (χ1v) is 10.4. The highest BCUT2D eigenvalue weighted by atomic mass is 32.1. The van der Waals surface area contributed by atoms with Crippen LogP contribution in [0.4, 0.5) is 4.39 Å². The number of thiophene rings is 1. The topological polar surface area (TPSA) is 64.0 Å². The summed E-state index contributed by atoms with van der Waals surface area (Å²) < 4.78 is 14.6. The highest BCUT2D eigenvalue weighted by Gasteiger charge is 2.23. The van der Waals surface area contributed by atoms with Gasteiger partial charge in [0.2, 0.25) is 5.91 Å². The molecule has 1 aliphatic rings. The van der Waals surface area contributed by atoms with E-state index < -0.39 is 0 Å². The molecule has 0 bridgehead atoms. The Bertz CT molecular complexity index is 1060. The molecular weight excluding hydrogens is 377 g/mol. The van der Waals surface area contributed by atoms with E-state index in [1.807, 2.05) is 5.38 Å². The highest BCUT2D eigenvalue weighted by Crippen LogP contribution is 2.30. The number of halogens is 1. The molecular formula is C21H22FN3O2S. The molecule has 2 heterocycles. The van der Waals surface area contributed by atoms with Crippen molar-refractivity contribution in [1.82, 2.24) is 14.9 Å². The number of fused-ring (bicyclic) bond motifs is 1. The van der Waals surface area contributed by atoms with Gasteiger partial charge in [0.1, 0.15) is 17.2 Å². The van der Waals surface area contributed by atoms with Crippen LogP contribution in [0, 0.1) is 11.7 Å². The number of rotatable bonds is 4. The molecule has 1 aromatic carbocycles. The fourth-order valence-corrected chi connectivity index (χ4v) is 4.77. The molecule has 0 spiro atoms. The molecule has 1 N–H and O–H groups in total. The maximum Gasteiger partial charge on any atom is 0.263 e. The van der Waals surface area contributed by atoms with Crippen LogP contribution in [0.5, 0.6) is 0 Å². The standard InChI is InChI=1S/C21H22FN3O2S/c1-13-4-2-3-5-17(13)24-18(26)10-25-12-23-20-19(21(25)27)16(11-28-20)14-6-8-15(22)9-7-14/h6-9,11-13,17H,2-5,10H2,1H3,(H,24,26)/t13-,17+/m1/s1. The third-order valence-corrected chi connectivity index (χ3v) is 6.37. The third kappa shape index (κ3) is 3.71. The Kier molecular flexibility index (Phi) is 5.26. The minimum atomic E-state index is -0.326. The lowest BCUT2D eigenvalue weighted by atomic mass is 9.86. The van der Waals surface area contributed by atoms with Gasteiger partial charge < -0.3 is 5.32 Å². The molecule has 1 amide bonds. The van der Waals surface area contributed by atoms with Gasteiger partial charge in [-0.05, 0) is 36.5 Å². The van der Waals surface area contributed by atoms with Gasteiger partial charge in [0.25, 0.3) is 5.56 Å². The van der Waals surface area contributed by atoms with Gasteiger partial charge in [-0.2, -0.15) is 0 Å². The summed E-state index contributed by atoms with van der Waals surface area (Å²) in [6.45, 7) is 2.11. The van der Waals surface area contributed by atoms with Crippen molar-refractivity contribution in [1.29, 1.82) is 0 Å². The molecule has 2 atom stereocenters. The largest absolute Gasteiger partial charge is 0.352 e. The molecule has 2 aromatic heterocycles. The Morgan fingerprint density at radius 2 is 2.04 bits per heavy atom. The van der Waals surface area contributed by atoms with E-state index in [9.17, 15) is 14.0 Å². The maximum absolute atomic E-state index is 13.2. The van der Waals surface area contributed by atoms with Gasteiger partial charge >= 0.3 is 0 Å². The van der Waals surface area contributed by atoms with E-state index in [1.165, 1.54) is 40.8 Å². The van der Waals surface area contributed by atoms with Gasteiger partial charge in [-0.25, -0.2) is 9.37 Å². The lowest BCUT2D eigenvalue weighted by molar-refractivity contribution is -0.123. The summed E-state index contributed by atoms with van der Waals surface area (Å²) in [6, 6.07) is 6.19. The average molecular weight is 399 g/mol. The fourth-order valence-electron chi connectivity index (χ4n) is 3.86. The Hall–Kier alpha value is -2.54. The second-order valence-corrected chi connectivity index (χ2v) is 8.31. The van der Waals surface area contributed by atoms with Crippen molar-refractivity contribution in [2.24, 2.45) is 5.92 Å². The van der Waals surface area contributed by atoms with Crippen molar-refractivity contribution in [2.45, 2.75) is 45.2 Å². The van der Waals surface area contributed by atoms with Gasteiger partial charge in [0.15, 0.2) is 0 Å². The van der Waals surface area contributed by atoms with Crippen molar-refractivity contribution in [3.63, 3.8) is 0 Å². The number of amides is 1. The Labute approximate surface area is 166 Å². The molecule has 4 rings (SSSR count). The first-order chi connectivity index (χ1) is 13.5. The Morgan fingerprint density at radius 1 is 1.29 bits per heavy atom. The monoisotopic (exact) mass is 399 g/mol. The van der Waals surface area contributed by atoms with E-state index in [0.29, 0.717) is 21.7 Å². The smallest absolute Gasteiger partial charge is 0.263 e. The number of hydrogen-bond donors (Lipinski definition) is 1. The van der Waals surface area contributed by atoms with Crippen LogP contribution in [0.25, 0.3) is 21.3 Å². The Balaban J connectivity index is 1.60. The molecule has 3 aromatic rings. The maximum atomic E-state index is 13.2. The van der Waals surface area contributed by atoms with Crippen molar-refractivity contribution >= 4 is 27.5 Å². The molecule has 5 nitrogen and oxygen atoms in total. The predicted octanol–water partition coefficient (Wildman–Crippen LogP) is 3.96. The van der Waals surface area contributed by atoms with Crippen molar-refractivity contribution in [2.75, 3.05) is 0 Å². The van der Waals surface area contributed by atoms with E-state index in [-0.39, 0.29) is 29.9 Å². The normalized spacial score (nSPS) is 19.6. The average Bonchev–Trinajstić information content (AvgIpc) is 3.11. The summed E-state index contributed by atoms with van der Waals surface area (Å²) in [6.07, 6.45) is 5.86. The van der Waals surface area contributed by atoms with E-state index in [4.69, 9.17) is 0 Å². The quantitative estimate of drug-likeness (QED) is 0.722. The highest BCUT2D eigenvalue weighted by molar-refractivity contribution is 7.17. The first-order valence-electron chi connectivity index (χ1n) is 9.55. The molecule has 0 aliphatic heterocycles. The minimum Gasteiger partial charge on any atom is -0.352 e. The lowest BCUT2D eigenvalue weighted by Gasteiger charge is -2.29. The summed E-state index contributed by atoms with van der Waals surface area (Å²) in [5, 5.41) is 5.39. The zero-order valence-electron chi connectivity index (χ0n) is 15.7. The zero-order valence-corrected chi connectivity index (χ0v) is 16.5. The first kappa shape index (κ1) is 18.8. The van der Waals surface area contributed by atoms with Crippen LogP contribution in [0.3, 0.4) is 0 Å². The molecule has 1 saturated carbocycles. The van der Waals surface area contributed by atoms with Crippen LogP contribution in [0.1, 0.15) is 32.6 Å². The number of aromatic nitrogens is 2. The number of hydrogen-bond acceptors (Lipinski definition) is 4. The van der Waals surface area contributed by atoms with Gasteiger partial charge in [-0.1, -0.05) is 31.9 Å². The number of carbonyl (C=O) groups excluding carboxylic acids is 1. The van der Waals surface area contributed by atoms with E-state index in [2.05, 4.69) is 17.2 Å². The van der Waals surface area contributed by atoms with Crippen LogP contribution >= 0.6 is 11.3 Å². The molecule has 1 aliphatic carbocycles. The Morgan fingerprint density at radius 3 is 2.79 bits per heavy atom. The molecule has 28 heavy (non-hydrogen) atoms. The molecule has 7 heteroatoms. The summed E-state index contributed by atoms with van der Waals surface area (Å²) in [4.78, 5) is 30.5. The number of nitrogens with one attached hydrogen (secondary N) is 1. The fraction of sp³-hybridized carbons (Fsp3) is 0.381. The summed E-state index contributed by atoms with van der Waals surface area (Å²) in [5.41, 5.74) is 1.22. The molecule has 0 unspecified atom stereocenters. The van der Waals surface area contributed by atoms with Crippen molar-refractivity contribution in [3.05, 3.63) is 52.1 Å². The number of nitrogens with zero attached hydrogens (tertiary/aromatic N) is 2. The predicted molar refractivity (Wildman–Crippen MR) is 109 cm³/mol. The van der Waals surface area contributed by atoms with E-state index >= 15 is 0 Å². The van der Waals surface area contributed by atoms with Crippen molar-refractivity contribution in [3.8, 4) is 11.1 Å². The summed E-state index contributed by atoms with van der Waals surface area (Å²) in [5.74, 6) is -0.0371. The van der Waals surface area contributed by atoms with Crippen LogP contribution in [-0.2, 0) is 11.3 Å². The summed E-state index contributed by atoms with van der Waals surface area (Å²) >= 11 is 1.36. The van der Waals surface area contributed by atoms with Crippen molar-refractivity contribution < 1.29 is 9.18 Å². The van der Waals surface area contributed by atoms with Crippen LogP contribution in [0.2, 0.25) is 0 Å². The SMILES string of the molecule is C[C@@H]1CCCC[C@@H]1NC(=O)Cn1cnc2scc(-c3ccc(F)cc3)c2c1=O.